The van der Waals surface area contributed by atoms with Crippen LogP contribution in [-0.4, -0.2) is 97.2 Å². The van der Waals surface area contributed by atoms with Crippen LogP contribution in [0, 0.1) is 17.0 Å². The number of nitrogens with one attached hydrogen (secondary N) is 1. The number of ether oxygens (including phenoxy) is 1. The molecule has 1 aliphatic heterocycles. The van der Waals surface area contributed by atoms with Gasteiger partial charge < -0.3 is 19.9 Å². The summed E-state index contributed by atoms with van der Waals surface area (Å²) in [5, 5.41) is 14.9. The fraction of sp³-hybridized carbons (Fsp3) is 0.360. The molecule has 1 aliphatic rings. The van der Waals surface area contributed by atoms with Crippen molar-refractivity contribution in [2.24, 2.45) is 0 Å². The number of nitrogens with zero attached hydrogens (tertiary/aromatic N) is 4. The van der Waals surface area contributed by atoms with E-state index in [1.54, 1.807) is 32.0 Å². The largest absolute Gasteiger partial charge is 0.465 e. The molecule has 0 saturated carbocycles. The minimum absolute atomic E-state index is 0.0177. The monoisotopic (exact) mass is 607 g/mol. The summed E-state index contributed by atoms with van der Waals surface area (Å²) in [6.07, 6.45) is 0. The average Bonchev–Trinajstić information content (AvgIpc) is 3.43. The predicted octanol–water partition coefficient (Wildman–Crippen LogP) is 3.72. The Labute approximate surface area is 242 Å². The molecule has 0 unspecified atom stereocenters. The zero-order chi connectivity index (χ0) is 29.3. The normalized spacial score (nSPS) is 13.8. The zero-order valence-corrected chi connectivity index (χ0v) is 24.5. The van der Waals surface area contributed by atoms with Gasteiger partial charge in [-0.05, 0) is 18.6 Å². The molecule has 3 heterocycles. The fourth-order valence-corrected chi connectivity index (χ4v) is 7.03. The van der Waals surface area contributed by atoms with Gasteiger partial charge in [-0.1, -0.05) is 11.6 Å². The second kappa shape index (κ2) is 11.9. The van der Waals surface area contributed by atoms with Gasteiger partial charge in [-0.15, -0.1) is 22.7 Å². The zero-order valence-electron chi connectivity index (χ0n) is 22.1. The molecule has 1 aromatic carbocycles. The van der Waals surface area contributed by atoms with E-state index in [2.05, 4.69) is 5.32 Å². The van der Waals surface area contributed by atoms with Gasteiger partial charge in [-0.2, -0.15) is 0 Å². The minimum atomic E-state index is -0.650. The third-order valence-electron chi connectivity index (χ3n) is 6.43. The average molecular weight is 608 g/mol. The second-order valence-electron chi connectivity index (χ2n) is 9.25. The van der Waals surface area contributed by atoms with E-state index >= 15 is 0 Å². The number of thiophene rings is 2. The van der Waals surface area contributed by atoms with Gasteiger partial charge in [0.05, 0.1) is 34.0 Å². The molecule has 0 aliphatic carbocycles. The Morgan fingerprint density at radius 2 is 1.80 bits per heavy atom. The van der Waals surface area contributed by atoms with Crippen molar-refractivity contribution in [1.82, 2.24) is 14.7 Å². The van der Waals surface area contributed by atoms with Crippen molar-refractivity contribution in [2.45, 2.75) is 6.92 Å². The molecule has 0 radical (unpaired) electrons. The SMILES string of the molecule is COC(=O)c1c(NC(=O)CN2CCN(C(=O)c3sc4cc([N+](=O)[O-])ccc4c3Cl)CC2)sc(C(=O)N(C)C)c1C. The molecule has 3 amide bonds. The van der Waals surface area contributed by atoms with Crippen LogP contribution in [0.25, 0.3) is 10.1 Å². The van der Waals surface area contributed by atoms with Crippen LogP contribution < -0.4 is 5.32 Å². The highest BCUT2D eigenvalue weighted by atomic mass is 35.5. The molecule has 1 saturated heterocycles. The Balaban J connectivity index is 1.40. The number of anilines is 1. The van der Waals surface area contributed by atoms with Crippen molar-refractivity contribution in [3.05, 3.63) is 54.2 Å². The molecule has 4 rings (SSSR count). The summed E-state index contributed by atoms with van der Waals surface area (Å²) in [6.45, 7) is 3.20. The van der Waals surface area contributed by atoms with E-state index in [1.807, 2.05) is 4.90 Å². The molecule has 2 aromatic heterocycles. The van der Waals surface area contributed by atoms with Crippen LogP contribution in [-0.2, 0) is 9.53 Å². The van der Waals surface area contributed by atoms with Gasteiger partial charge >= 0.3 is 5.97 Å². The number of methoxy groups -OCH3 is 1. The van der Waals surface area contributed by atoms with Gasteiger partial charge in [0.25, 0.3) is 17.5 Å². The maximum atomic E-state index is 13.2. The Morgan fingerprint density at radius 3 is 2.40 bits per heavy atom. The van der Waals surface area contributed by atoms with E-state index in [9.17, 15) is 29.3 Å². The van der Waals surface area contributed by atoms with Gasteiger partial charge in [0, 0.05) is 62.5 Å². The smallest absolute Gasteiger partial charge is 0.341 e. The molecule has 0 bridgehead atoms. The lowest BCUT2D eigenvalue weighted by molar-refractivity contribution is -0.384. The lowest BCUT2D eigenvalue weighted by atomic mass is 10.1. The van der Waals surface area contributed by atoms with Crippen molar-refractivity contribution in [2.75, 3.05) is 59.2 Å². The van der Waals surface area contributed by atoms with Crippen molar-refractivity contribution >= 4 is 78.7 Å². The summed E-state index contributed by atoms with van der Waals surface area (Å²) in [6, 6.07) is 4.30. The summed E-state index contributed by atoms with van der Waals surface area (Å²) in [7, 11) is 4.43. The third kappa shape index (κ3) is 5.80. The van der Waals surface area contributed by atoms with Gasteiger partial charge in [-0.3, -0.25) is 29.4 Å². The summed E-state index contributed by atoms with van der Waals surface area (Å²) in [5.74, 6) is -1.58. The van der Waals surface area contributed by atoms with Crippen LogP contribution in [0.3, 0.4) is 0 Å². The summed E-state index contributed by atoms with van der Waals surface area (Å²) in [4.78, 5) is 67.2. The number of carbonyl (C=O) groups excluding carboxylic acids is 4. The second-order valence-corrected chi connectivity index (χ2v) is 11.7. The highest BCUT2D eigenvalue weighted by Crippen LogP contribution is 2.38. The Kier molecular flexibility index (Phi) is 8.73. The number of piperazine rings is 1. The molecule has 0 atom stereocenters. The quantitative estimate of drug-likeness (QED) is 0.243. The highest BCUT2D eigenvalue weighted by molar-refractivity contribution is 7.21. The van der Waals surface area contributed by atoms with E-state index < -0.39 is 10.9 Å². The molecular formula is C25H26ClN5O7S2. The maximum absolute atomic E-state index is 13.2. The molecule has 1 fully saturated rings. The predicted molar refractivity (Wildman–Crippen MR) is 153 cm³/mol. The van der Waals surface area contributed by atoms with E-state index in [-0.39, 0.29) is 45.5 Å². The third-order valence-corrected chi connectivity index (χ3v) is 9.27. The van der Waals surface area contributed by atoms with Crippen LogP contribution in [0.2, 0.25) is 5.02 Å². The number of halogens is 1. The minimum Gasteiger partial charge on any atom is -0.465 e. The molecular weight excluding hydrogens is 582 g/mol. The number of nitro benzene ring substituents is 1. The number of rotatable bonds is 7. The summed E-state index contributed by atoms with van der Waals surface area (Å²) >= 11 is 8.58. The van der Waals surface area contributed by atoms with Crippen molar-refractivity contribution in [1.29, 1.82) is 0 Å². The van der Waals surface area contributed by atoms with Crippen LogP contribution >= 0.6 is 34.3 Å². The van der Waals surface area contributed by atoms with E-state index in [0.29, 0.717) is 51.6 Å². The van der Waals surface area contributed by atoms with Crippen LogP contribution in [0.15, 0.2) is 18.2 Å². The van der Waals surface area contributed by atoms with Crippen molar-refractivity contribution in [3.63, 3.8) is 0 Å². The topological polar surface area (TPSA) is 142 Å². The number of fused-ring (bicyclic) bond motifs is 1. The lowest BCUT2D eigenvalue weighted by Gasteiger charge is -2.34. The van der Waals surface area contributed by atoms with Gasteiger partial charge in [0.15, 0.2) is 0 Å². The Hall–Kier alpha value is -3.59. The first kappa shape index (κ1) is 29.4. The first-order valence-electron chi connectivity index (χ1n) is 12.0. The van der Waals surface area contributed by atoms with Gasteiger partial charge in [-0.25, -0.2) is 4.79 Å². The number of benzene rings is 1. The number of nitro groups is 1. The van der Waals surface area contributed by atoms with E-state index in [4.69, 9.17) is 16.3 Å². The van der Waals surface area contributed by atoms with Gasteiger partial charge in [0.2, 0.25) is 5.91 Å². The number of amides is 3. The van der Waals surface area contributed by atoms with Gasteiger partial charge in [0.1, 0.15) is 9.88 Å². The fourth-order valence-electron chi connectivity index (χ4n) is 4.28. The first-order valence-corrected chi connectivity index (χ1v) is 14.0. The molecule has 212 valence electrons. The number of non-ortho nitro benzene ring substituents is 1. The standard InChI is InChI=1S/C25H26ClN5O7S2/c1-13-18(25(35)38-4)22(40-20(13)23(33)28(2)3)27-17(32)12-29-7-9-30(10-8-29)24(34)21-19(26)15-6-5-14(31(36)37)11-16(15)39-21/h5-6,11H,7-10,12H2,1-4H3,(H,27,32). The van der Waals surface area contributed by atoms with E-state index in [0.717, 1.165) is 22.7 Å². The molecule has 12 nitrogen and oxygen atoms in total. The summed E-state index contributed by atoms with van der Waals surface area (Å²) in [5.41, 5.74) is 0.507. The number of esters is 1. The Morgan fingerprint density at radius 1 is 1.12 bits per heavy atom. The molecule has 1 N–H and O–H groups in total. The Bertz CT molecular complexity index is 1530. The number of carbonyl (C=O) groups is 4. The number of hydrogen-bond donors (Lipinski definition) is 1. The molecule has 3 aromatic rings. The molecule has 0 spiro atoms. The summed E-state index contributed by atoms with van der Waals surface area (Å²) < 4.78 is 5.42. The first-order chi connectivity index (χ1) is 18.9. The van der Waals surface area contributed by atoms with Crippen molar-refractivity contribution in [3.8, 4) is 0 Å². The molecule has 15 heteroatoms. The van der Waals surface area contributed by atoms with Crippen LogP contribution in [0.1, 0.15) is 35.3 Å². The molecule has 40 heavy (non-hydrogen) atoms. The number of hydrogen-bond acceptors (Lipinski definition) is 10. The van der Waals surface area contributed by atoms with Crippen molar-refractivity contribution < 1.29 is 28.8 Å². The highest BCUT2D eigenvalue weighted by Gasteiger charge is 2.29. The lowest BCUT2D eigenvalue weighted by Crippen LogP contribution is -2.50. The van der Waals surface area contributed by atoms with Crippen LogP contribution in [0.4, 0.5) is 10.7 Å². The van der Waals surface area contributed by atoms with Crippen LogP contribution in [0.5, 0.6) is 0 Å². The maximum Gasteiger partial charge on any atom is 0.341 e. The van der Waals surface area contributed by atoms with E-state index in [1.165, 1.54) is 24.1 Å².